The van der Waals surface area contributed by atoms with Crippen molar-refractivity contribution in [3.8, 4) is 0 Å². The molecule has 0 saturated heterocycles. The Morgan fingerprint density at radius 2 is 1.52 bits per heavy atom. The number of nitrogens with zero attached hydrogens (tertiary/aromatic N) is 3. The second kappa shape index (κ2) is 13.9. The number of nitrogens with two attached hydrogens (primary N) is 1. The van der Waals surface area contributed by atoms with E-state index in [0.717, 1.165) is 24.3 Å². The monoisotopic (exact) mass is 461 g/mol. The van der Waals surface area contributed by atoms with Crippen LogP contribution in [0, 0.1) is 11.7 Å². The zero-order chi connectivity index (χ0) is 23.3. The summed E-state index contributed by atoms with van der Waals surface area (Å²) >= 11 is 0. The molecule has 3 rings (SSSR count). The predicted molar refractivity (Wildman–Crippen MR) is 128 cm³/mol. The van der Waals surface area contributed by atoms with Crippen molar-refractivity contribution in [2.24, 2.45) is 11.7 Å². The van der Waals surface area contributed by atoms with E-state index in [1.165, 1.54) is 25.0 Å². The number of benzene rings is 1. The van der Waals surface area contributed by atoms with Gasteiger partial charge >= 0.3 is 0 Å². The molecule has 0 aliphatic heterocycles. The van der Waals surface area contributed by atoms with Gasteiger partial charge in [0.15, 0.2) is 0 Å². The van der Waals surface area contributed by atoms with Crippen molar-refractivity contribution < 1.29 is 13.9 Å². The molecule has 1 aromatic heterocycles. The summed E-state index contributed by atoms with van der Waals surface area (Å²) in [5.41, 5.74) is 6.32. The summed E-state index contributed by atoms with van der Waals surface area (Å²) in [5, 5.41) is 9.88. The van der Waals surface area contributed by atoms with Gasteiger partial charge in [0.1, 0.15) is 5.82 Å². The van der Waals surface area contributed by atoms with Crippen molar-refractivity contribution in [2.75, 3.05) is 55.5 Å². The SMILES string of the molecule is CC1CCC(Nc2nc(NCCOCCOCCN)nc(NCc3ccc(F)cc3)n2)CC1. The molecule has 2 aromatic rings. The van der Waals surface area contributed by atoms with Gasteiger partial charge in [-0.2, -0.15) is 15.0 Å². The normalized spacial score (nSPS) is 18.2. The standard InChI is InChI=1S/C23H36FN7O2/c1-17-2-8-20(9-3-17)28-23-30-21(26-11-13-33-15-14-32-12-10-25)29-22(31-23)27-16-18-4-6-19(24)7-5-18/h4-7,17,20H,2-3,8-16,25H2,1H3,(H3,26,27,28,29,30,31). The first kappa shape index (κ1) is 25.1. The first-order valence-electron chi connectivity index (χ1n) is 11.7. The highest BCUT2D eigenvalue weighted by molar-refractivity contribution is 5.43. The summed E-state index contributed by atoms with van der Waals surface area (Å²) < 4.78 is 24.0. The number of halogens is 1. The molecule has 0 bridgehead atoms. The van der Waals surface area contributed by atoms with Gasteiger partial charge in [0.05, 0.1) is 26.4 Å². The van der Waals surface area contributed by atoms with Crippen LogP contribution in [0.1, 0.15) is 38.2 Å². The average Bonchev–Trinajstić information content (AvgIpc) is 2.82. The van der Waals surface area contributed by atoms with E-state index in [9.17, 15) is 4.39 Å². The fourth-order valence-electron chi connectivity index (χ4n) is 3.61. The Bertz CT molecular complexity index is 817. The molecule has 33 heavy (non-hydrogen) atoms. The van der Waals surface area contributed by atoms with Gasteiger partial charge in [-0.25, -0.2) is 4.39 Å². The lowest BCUT2D eigenvalue weighted by Gasteiger charge is -2.27. The summed E-state index contributed by atoms with van der Waals surface area (Å²) in [6, 6.07) is 6.71. The zero-order valence-electron chi connectivity index (χ0n) is 19.4. The minimum absolute atomic E-state index is 0.258. The third kappa shape index (κ3) is 9.45. The second-order valence-corrected chi connectivity index (χ2v) is 8.33. The predicted octanol–water partition coefficient (Wildman–Crippen LogP) is 3.02. The van der Waals surface area contributed by atoms with E-state index in [-0.39, 0.29) is 5.82 Å². The van der Waals surface area contributed by atoms with E-state index in [1.54, 1.807) is 12.1 Å². The topological polar surface area (TPSA) is 119 Å². The van der Waals surface area contributed by atoms with E-state index in [1.807, 2.05) is 0 Å². The minimum Gasteiger partial charge on any atom is -0.378 e. The van der Waals surface area contributed by atoms with Crippen LogP contribution in [-0.4, -0.2) is 60.5 Å². The average molecular weight is 462 g/mol. The zero-order valence-corrected chi connectivity index (χ0v) is 19.4. The first-order valence-corrected chi connectivity index (χ1v) is 11.7. The van der Waals surface area contributed by atoms with Gasteiger partial charge < -0.3 is 31.2 Å². The Labute approximate surface area is 195 Å². The first-order chi connectivity index (χ1) is 16.1. The van der Waals surface area contributed by atoms with E-state index >= 15 is 0 Å². The number of ether oxygens (including phenoxy) is 2. The van der Waals surface area contributed by atoms with Crippen LogP contribution in [0.3, 0.4) is 0 Å². The van der Waals surface area contributed by atoms with Crippen molar-refractivity contribution in [1.82, 2.24) is 15.0 Å². The Kier molecular flexibility index (Phi) is 10.5. The third-order valence-corrected chi connectivity index (χ3v) is 5.51. The van der Waals surface area contributed by atoms with Gasteiger partial charge in [-0.3, -0.25) is 0 Å². The molecule has 1 fully saturated rings. The summed E-state index contributed by atoms with van der Waals surface area (Å²) in [6.45, 7) is 5.91. The van der Waals surface area contributed by atoms with E-state index in [0.29, 0.717) is 69.9 Å². The maximum Gasteiger partial charge on any atom is 0.229 e. The molecule has 9 nitrogen and oxygen atoms in total. The fraction of sp³-hybridized carbons (Fsp3) is 0.609. The molecule has 0 amide bonds. The highest BCUT2D eigenvalue weighted by Crippen LogP contribution is 2.25. The summed E-state index contributed by atoms with van der Waals surface area (Å²) in [5.74, 6) is 1.99. The van der Waals surface area contributed by atoms with E-state index in [4.69, 9.17) is 15.2 Å². The molecule has 1 heterocycles. The Morgan fingerprint density at radius 1 is 0.879 bits per heavy atom. The number of rotatable bonds is 14. The molecule has 1 saturated carbocycles. The smallest absolute Gasteiger partial charge is 0.229 e. The van der Waals surface area contributed by atoms with Crippen molar-refractivity contribution >= 4 is 17.8 Å². The molecule has 0 unspecified atom stereocenters. The fourth-order valence-corrected chi connectivity index (χ4v) is 3.61. The second-order valence-electron chi connectivity index (χ2n) is 8.33. The molecular formula is C23H36FN7O2. The molecule has 5 N–H and O–H groups in total. The van der Waals surface area contributed by atoms with Gasteiger partial charge in [-0.1, -0.05) is 19.1 Å². The maximum atomic E-state index is 13.2. The van der Waals surface area contributed by atoms with Gasteiger partial charge in [0.25, 0.3) is 0 Å². The largest absolute Gasteiger partial charge is 0.378 e. The van der Waals surface area contributed by atoms with Crippen LogP contribution >= 0.6 is 0 Å². The summed E-state index contributed by atoms with van der Waals surface area (Å²) in [6.07, 6.45) is 4.62. The highest BCUT2D eigenvalue weighted by Gasteiger charge is 2.19. The van der Waals surface area contributed by atoms with E-state index in [2.05, 4.69) is 37.8 Å². The van der Waals surface area contributed by atoms with Gasteiger partial charge in [0.2, 0.25) is 17.8 Å². The van der Waals surface area contributed by atoms with Crippen molar-refractivity contribution in [3.63, 3.8) is 0 Å². The molecular weight excluding hydrogens is 425 g/mol. The van der Waals surface area contributed by atoms with Crippen LogP contribution in [0.4, 0.5) is 22.2 Å². The third-order valence-electron chi connectivity index (χ3n) is 5.51. The maximum absolute atomic E-state index is 13.2. The number of hydrogen-bond acceptors (Lipinski definition) is 9. The van der Waals surface area contributed by atoms with Crippen LogP contribution in [0.5, 0.6) is 0 Å². The Balaban J connectivity index is 1.55. The number of hydrogen-bond donors (Lipinski definition) is 4. The Morgan fingerprint density at radius 3 is 2.21 bits per heavy atom. The van der Waals surface area contributed by atoms with Crippen LogP contribution in [0.15, 0.2) is 24.3 Å². The van der Waals surface area contributed by atoms with Crippen LogP contribution in [-0.2, 0) is 16.0 Å². The molecule has 0 atom stereocenters. The minimum atomic E-state index is -0.258. The van der Waals surface area contributed by atoms with Crippen molar-refractivity contribution in [3.05, 3.63) is 35.6 Å². The van der Waals surface area contributed by atoms with Crippen molar-refractivity contribution in [1.29, 1.82) is 0 Å². The Hall–Kier alpha value is -2.56. The molecule has 182 valence electrons. The number of anilines is 3. The van der Waals surface area contributed by atoms with Gasteiger partial charge in [-0.05, 0) is 49.3 Å². The molecule has 1 aliphatic rings. The molecule has 0 radical (unpaired) electrons. The summed E-state index contributed by atoms with van der Waals surface area (Å²) in [4.78, 5) is 13.6. The van der Waals surface area contributed by atoms with Crippen LogP contribution < -0.4 is 21.7 Å². The quantitative estimate of drug-likeness (QED) is 0.315. The van der Waals surface area contributed by atoms with E-state index < -0.39 is 0 Å². The molecule has 1 aliphatic carbocycles. The molecule has 10 heteroatoms. The number of aromatic nitrogens is 3. The lowest BCUT2D eigenvalue weighted by atomic mass is 9.87. The highest BCUT2D eigenvalue weighted by atomic mass is 19.1. The lowest BCUT2D eigenvalue weighted by molar-refractivity contribution is 0.0547. The lowest BCUT2D eigenvalue weighted by Crippen LogP contribution is -2.26. The van der Waals surface area contributed by atoms with Gasteiger partial charge in [0, 0.05) is 25.7 Å². The molecule has 1 aromatic carbocycles. The number of nitrogens with one attached hydrogen (secondary N) is 3. The molecule has 0 spiro atoms. The van der Waals surface area contributed by atoms with Gasteiger partial charge in [-0.15, -0.1) is 0 Å². The van der Waals surface area contributed by atoms with Crippen LogP contribution in [0.25, 0.3) is 0 Å². The van der Waals surface area contributed by atoms with Crippen molar-refractivity contribution in [2.45, 2.75) is 45.2 Å². The summed E-state index contributed by atoms with van der Waals surface area (Å²) in [7, 11) is 0. The van der Waals surface area contributed by atoms with Crippen LogP contribution in [0.2, 0.25) is 0 Å².